The Kier molecular flexibility index (Phi) is 13.4. The van der Waals surface area contributed by atoms with E-state index in [-0.39, 0.29) is 25.6 Å². The molecule has 0 unspecified atom stereocenters. The SMILES string of the molecule is CN1[C@H]2CC[C@@H]1[C@@H](CN(CC[S-])CC[N-]CC[S-])[C@@H](c1ccc(Cl)cc1)C2.[O-2].[Tc+5]. The fourth-order valence-electron chi connectivity index (χ4n) is 5.03. The Morgan fingerprint density at radius 1 is 1.10 bits per heavy atom. The molecule has 0 amide bonds. The van der Waals surface area contributed by atoms with Crippen LogP contribution in [0.25, 0.3) is 5.32 Å². The summed E-state index contributed by atoms with van der Waals surface area (Å²) in [5.74, 6) is 2.74. The molecule has 0 N–H and O–H groups in total. The fourth-order valence-corrected chi connectivity index (χ4v) is 5.54. The summed E-state index contributed by atoms with van der Waals surface area (Å²) in [5, 5.41) is 5.37. The van der Waals surface area contributed by atoms with Crippen molar-refractivity contribution in [2.75, 3.05) is 51.3 Å². The van der Waals surface area contributed by atoms with E-state index in [2.05, 4.69) is 34.3 Å². The fraction of sp³-hybridized carbons (Fsp3) is 0.714. The summed E-state index contributed by atoms with van der Waals surface area (Å²) in [6, 6.07) is 9.96. The van der Waals surface area contributed by atoms with Crippen LogP contribution in [-0.4, -0.2) is 73.2 Å². The molecule has 2 aliphatic heterocycles. The average molecular weight is 539 g/mol. The van der Waals surface area contributed by atoms with Crippen molar-refractivity contribution in [3.8, 4) is 0 Å². The summed E-state index contributed by atoms with van der Waals surface area (Å²) in [4.78, 5) is 5.19. The van der Waals surface area contributed by atoms with Gasteiger partial charge in [-0.3, -0.25) is 0 Å². The first-order valence-electron chi connectivity index (χ1n) is 10.1. The summed E-state index contributed by atoms with van der Waals surface area (Å²) in [7, 11) is 2.32. The minimum Gasteiger partial charge on any atom is -2.00 e. The monoisotopic (exact) mass is 537 g/mol. The van der Waals surface area contributed by atoms with Gasteiger partial charge in [0.15, 0.2) is 0 Å². The van der Waals surface area contributed by atoms with E-state index in [0.29, 0.717) is 17.9 Å². The summed E-state index contributed by atoms with van der Waals surface area (Å²) in [6.45, 7) is 4.74. The van der Waals surface area contributed by atoms with E-state index in [4.69, 9.17) is 36.9 Å². The molecule has 0 aromatic heterocycles. The van der Waals surface area contributed by atoms with Gasteiger partial charge in [-0.05, 0) is 68.9 Å². The van der Waals surface area contributed by atoms with Crippen LogP contribution in [0.3, 0.4) is 0 Å². The number of piperidine rings is 1. The molecule has 4 nitrogen and oxygen atoms in total. The second kappa shape index (κ2) is 14.0. The summed E-state index contributed by atoms with van der Waals surface area (Å²) < 4.78 is 0. The molecule has 1 aromatic rings. The summed E-state index contributed by atoms with van der Waals surface area (Å²) in [5.41, 5.74) is 1.45. The minimum atomic E-state index is 0. The summed E-state index contributed by atoms with van der Waals surface area (Å²) in [6.07, 6.45) is 3.90. The van der Waals surface area contributed by atoms with E-state index >= 15 is 0 Å². The molecule has 0 saturated carbocycles. The molecule has 1 aromatic carbocycles. The zero-order chi connectivity index (χ0) is 19.2. The number of fused-ring (bicyclic) bond motifs is 2. The maximum Gasteiger partial charge on any atom is 5.00 e. The van der Waals surface area contributed by atoms with Crippen molar-refractivity contribution in [3.63, 3.8) is 0 Å². The van der Waals surface area contributed by atoms with Gasteiger partial charge in [0.1, 0.15) is 0 Å². The molecule has 3 rings (SSSR count). The number of rotatable bonds is 10. The molecule has 2 aliphatic rings. The molecule has 2 heterocycles. The van der Waals surface area contributed by atoms with Gasteiger partial charge in [-0.2, -0.15) is 18.1 Å². The zero-order valence-corrected chi connectivity index (χ0v) is 21.3. The van der Waals surface area contributed by atoms with E-state index in [1.807, 2.05) is 12.1 Å². The first kappa shape index (κ1) is 27.7. The molecular formula is C21H31ClN3OS2Tc. The van der Waals surface area contributed by atoms with Gasteiger partial charge < -0.3 is 45.9 Å². The quantitative estimate of drug-likeness (QED) is 0.338. The molecule has 162 valence electrons. The van der Waals surface area contributed by atoms with E-state index in [1.54, 1.807) is 0 Å². The Balaban J connectivity index is 0.00000210. The molecule has 2 fully saturated rings. The topological polar surface area (TPSA) is 49.1 Å². The molecule has 4 atom stereocenters. The number of benzene rings is 1. The van der Waals surface area contributed by atoms with Crippen molar-refractivity contribution in [2.24, 2.45) is 5.92 Å². The van der Waals surface area contributed by atoms with Crippen LogP contribution in [0.5, 0.6) is 0 Å². The zero-order valence-electron chi connectivity index (χ0n) is 17.0. The van der Waals surface area contributed by atoms with Crippen LogP contribution in [0, 0.1) is 5.92 Å². The molecule has 8 heteroatoms. The first-order chi connectivity index (χ1) is 13.1. The van der Waals surface area contributed by atoms with Gasteiger partial charge in [-0.25, -0.2) is 0 Å². The van der Waals surface area contributed by atoms with Crippen LogP contribution < -0.4 is 0 Å². The standard InChI is InChI=1S/C21H33ClN3S2.O.Tc/c1-24-18-6-7-21(24)20(15-25(11-13-27)10-8-23-9-12-26)19(14-18)16-2-4-17(22)5-3-16;;/h2-5,18-21,26-27H,6-15H2,1H3;;/q-1;-2;+5/p-2/t18-,19+,20-,21+;;/m0../s1. The summed E-state index contributed by atoms with van der Waals surface area (Å²) >= 11 is 16.5. The smallest absolute Gasteiger partial charge is 2.00 e. The maximum atomic E-state index is 6.14. The van der Waals surface area contributed by atoms with Gasteiger partial charge in [0, 0.05) is 23.7 Å². The van der Waals surface area contributed by atoms with Gasteiger partial charge in [-0.1, -0.05) is 23.7 Å². The predicted octanol–water partition coefficient (Wildman–Crippen LogP) is 3.55. The number of halogens is 1. The Bertz CT molecular complexity index is 584. The van der Waals surface area contributed by atoms with Crippen LogP contribution in [0.4, 0.5) is 0 Å². The Morgan fingerprint density at radius 3 is 2.48 bits per heavy atom. The van der Waals surface area contributed by atoms with Crippen LogP contribution in [-0.2, 0) is 50.8 Å². The van der Waals surface area contributed by atoms with Crippen molar-refractivity contribution < 1.29 is 25.6 Å². The third-order valence-electron chi connectivity index (χ3n) is 6.43. The Labute approximate surface area is 206 Å². The van der Waals surface area contributed by atoms with Gasteiger partial charge in [0.25, 0.3) is 0 Å². The third-order valence-corrected chi connectivity index (χ3v) is 7.05. The van der Waals surface area contributed by atoms with Crippen LogP contribution >= 0.6 is 11.6 Å². The van der Waals surface area contributed by atoms with Gasteiger partial charge in [0.2, 0.25) is 0 Å². The van der Waals surface area contributed by atoms with Crippen molar-refractivity contribution >= 4 is 36.9 Å². The number of nitrogens with zero attached hydrogens (tertiary/aromatic N) is 3. The largest absolute Gasteiger partial charge is 5.00 e. The first-order valence-corrected chi connectivity index (χ1v) is 11.7. The van der Waals surface area contributed by atoms with E-state index in [9.17, 15) is 0 Å². The Hall–Kier alpha value is 0.699. The second-order valence-corrected chi connectivity index (χ2v) is 9.15. The molecule has 0 aliphatic carbocycles. The molecule has 2 bridgehead atoms. The van der Waals surface area contributed by atoms with E-state index in [1.165, 1.54) is 24.8 Å². The minimum absolute atomic E-state index is 0. The van der Waals surface area contributed by atoms with E-state index < -0.39 is 0 Å². The molecule has 2 saturated heterocycles. The molecule has 0 spiro atoms. The van der Waals surface area contributed by atoms with Crippen molar-refractivity contribution in [1.82, 2.24) is 9.80 Å². The average Bonchev–Trinajstić information content (AvgIpc) is 2.91. The van der Waals surface area contributed by atoms with Crippen molar-refractivity contribution in [1.29, 1.82) is 0 Å². The maximum absolute atomic E-state index is 6.14. The Morgan fingerprint density at radius 2 is 1.83 bits per heavy atom. The van der Waals surface area contributed by atoms with Crippen molar-refractivity contribution in [2.45, 2.75) is 37.3 Å². The molecule has 0 radical (unpaired) electrons. The van der Waals surface area contributed by atoms with Crippen molar-refractivity contribution in [3.05, 3.63) is 40.2 Å². The van der Waals surface area contributed by atoms with Gasteiger partial charge in [-0.15, -0.1) is 6.54 Å². The van der Waals surface area contributed by atoms with Gasteiger partial charge >= 0.3 is 20.1 Å². The van der Waals surface area contributed by atoms with Crippen LogP contribution in [0.15, 0.2) is 24.3 Å². The third kappa shape index (κ3) is 7.37. The number of hydrogen-bond acceptors (Lipinski definition) is 4. The molecular weight excluding hydrogens is 508 g/mol. The van der Waals surface area contributed by atoms with Crippen LogP contribution in [0.2, 0.25) is 5.02 Å². The predicted molar refractivity (Wildman–Crippen MR) is 122 cm³/mol. The normalized spacial score (nSPS) is 26.2. The van der Waals surface area contributed by atoms with E-state index in [0.717, 1.165) is 55.3 Å². The second-order valence-electron chi connectivity index (χ2n) is 7.90. The van der Waals surface area contributed by atoms with Gasteiger partial charge in [0.05, 0.1) is 0 Å². The molecule has 29 heavy (non-hydrogen) atoms. The number of hydrogen-bond donors (Lipinski definition) is 0. The van der Waals surface area contributed by atoms with Crippen LogP contribution in [0.1, 0.15) is 30.7 Å².